The minimum absolute atomic E-state index is 0.571. The van der Waals surface area contributed by atoms with Crippen molar-refractivity contribution in [2.45, 2.75) is 25.0 Å². The first-order valence-electron chi connectivity index (χ1n) is 3.11. The summed E-state index contributed by atoms with van der Waals surface area (Å²) in [7, 11) is 0. The predicted molar refractivity (Wildman–Crippen MR) is 46.4 cm³/mol. The lowest BCUT2D eigenvalue weighted by atomic mass is 10.3. The molecular weight excluding hydrogens is 198 g/mol. The molecule has 9 heavy (non-hydrogen) atoms. The molecule has 1 N–H and O–H groups in total. The Balaban J connectivity index is 2.17. The van der Waals surface area contributed by atoms with Crippen LogP contribution in [0, 0.1) is 11.3 Å². The molecule has 0 aliphatic heterocycles. The van der Waals surface area contributed by atoms with Crippen molar-refractivity contribution >= 4 is 31.6 Å². The summed E-state index contributed by atoms with van der Waals surface area (Å²) in [6.45, 7) is 2.19. The maximum atomic E-state index is 7.13. The Morgan fingerprint density at radius 3 is 2.67 bits per heavy atom. The van der Waals surface area contributed by atoms with E-state index < -0.39 is 0 Å². The van der Waals surface area contributed by atoms with Crippen LogP contribution in [-0.4, -0.2) is 9.20 Å². The van der Waals surface area contributed by atoms with Crippen LogP contribution < -0.4 is 0 Å². The maximum Gasteiger partial charge on any atom is 0.131 e. The van der Waals surface area contributed by atoms with Gasteiger partial charge in [0, 0.05) is 5.25 Å². The van der Waals surface area contributed by atoms with Gasteiger partial charge in [-0.25, -0.2) is 0 Å². The number of hydrogen-bond acceptors (Lipinski definition) is 2. The van der Waals surface area contributed by atoms with Crippen molar-refractivity contribution in [2.75, 3.05) is 0 Å². The second-order valence-electron chi connectivity index (χ2n) is 2.43. The molecular formula is C6H10BrNS. The zero-order valence-corrected chi connectivity index (χ0v) is 7.76. The zero-order valence-electron chi connectivity index (χ0n) is 5.36. The highest BCUT2D eigenvalue weighted by molar-refractivity contribution is 9.22. The van der Waals surface area contributed by atoms with Crippen molar-refractivity contribution in [1.29, 1.82) is 5.41 Å². The number of hydrogen-bond donors (Lipinski definition) is 1. The topological polar surface area (TPSA) is 23.9 Å². The Morgan fingerprint density at radius 1 is 1.78 bits per heavy atom. The van der Waals surface area contributed by atoms with Crippen LogP contribution in [0.25, 0.3) is 0 Å². The Kier molecular flexibility index (Phi) is 2.59. The first-order chi connectivity index (χ1) is 4.20. The number of nitrogens with one attached hydrogen (secondary N) is 1. The summed E-state index contributed by atoms with van der Waals surface area (Å²) >= 11 is 4.74. The van der Waals surface area contributed by atoms with Crippen LogP contribution in [0.5, 0.6) is 0 Å². The van der Waals surface area contributed by atoms with E-state index in [1.807, 2.05) is 0 Å². The van der Waals surface area contributed by atoms with Gasteiger partial charge >= 0.3 is 0 Å². The molecule has 1 saturated carbocycles. The lowest BCUT2D eigenvalue weighted by molar-refractivity contribution is 0.824. The van der Waals surface area contributed by atoms with Crippen molar-refractivity contribution in [3.8, 4) is 0 Å². The molecule has 0 heterocycles. The van der Waals surface area contributed by atoms with Crippen molar-refractivity contribution in [1.82, 2.24) is 0 Å². The fourth-order valence-electron chi connectivity index (χ4n) is 0.825. The van der Waals surface area contributed by atoms with Crippen LogP contribution in [0.2, 0.25) is 0 Å². The fourth-order valence-corrected chi connectivity index (χ4v) is 2.50. The molecule has 1 aliphatic rings. The second kappa shape index (κ2) is 3.06. The first-order valence-corrected chi connectivity index (χ1v) is 4.78. The van der Waals surface area contributed by atoms with Gasteiger partial charge < -0.3 is 0 Å². The average Bonchev–Trinajstić information content (AvgIpc) is 2.40. The van der Waals surface area contributed by atoms with Crippen LogP contribution in [-0.2, 0) is 0 Å². The van der Waals surface area contributed by atoms with Gasteiger partial charge in [0.25, 0.3) is 0 Å². The third kappa shape index (κ3) is 2.72. The van der Waals surface area contributed by atoms with Crippen molar-refractivity contribution in [3.63, 3.8) is 0 Å². The minimum Gasteiger partial charge on any atom is -0.287 e. The molecule has 1 atom stereocenters. The van der Waals surface area contributed by atoms with Gasteiger partial charge in [0.2, 0.25) is 0 Å². The highest BCUT2D eigenvalue weighted by Crippen LogP contribution is 2.39. The highest BCUT2D eigenvalue weighted by atomic mass is 79.9. The van der Waals surface area contributed by atoms with Gasteiger partial charge in [-0.3, -0.25) is 5.41 Å². The molecule has 52 valence electrons. The molecule has 0 aromatic heterocycles. The molecule has 1 unspecified atom stereocenters. The third-order valence-electron chi connectivity index (χ3n) is 1.58. The Bertz CT molecular complexity index is 122. The van der Waals surface area contributed by atoms with Gasteiger partial charge in [-0.2, -0.15) is 0 Å². The van der Waals surface area contributed by atoms with Gasteiger partial charge in [0.1, 0.15) is 3.95 Å². The van der Waals surface area contributed by atoms with E-state index in [4.69, 9.17) is 5.41 Å². The third-order valence-corrected chi connectivity index (χ3v) is 3.10. The smallest absolute Gasteiger partial charge is 0.131 e. The molecule has 0 amide bonds. The van der Waals surface area contributed by atoms with Crippen LogP contribution in [0.4, 0.5) is 0 Å². The van der Waals surface area contributed by atoms with Gasteiger partial charge in [-0.1, -0.05) is 18.7 Å². The minimum atomic E-state index is 0.571. The summed E-state index contributed by atoms with van der Waals surface area (Å²) in [5, 5.41) is 7.78. The number of halogens is 1. The summed E-state index contributed by atoms with van der Waals surface area (Å²) in [6, 6.07) is 0. The van der Waals surface area contributed by atoms with Crippen molar-refractivity contribution in [3.05, 3.63) is 0 Å². The molecule has 0 saturated heterocycles. The lowest BCUT2D eigenvalue weighted by Crippen LogP contribution is -1.99. The second-order valence-corrected chi connectivity index (χ2v) is 5.14. The summed E-state index contributed by atoms with van der Waals surface area (Å²) in [5.74, 6) is 0.896. The maximum absolute atomic E-state index is 7.13. The van der Waals surface area contributed by atoms with E-state index in [0.717, 1.165) is 5.92 Å². The van der Waals surface area contributed by atoms with Gasteiger partial charge in [-0.15, -0.1) is 0 Å². The molecule has 0 aromatic rings. The lowest BCUT2D eigenvalue weighted by Gasteiger charge is -2.04. The fraction of sp³-hybridized carbons (Fsp3) is 0.833. The van der Waals surface area contributed by atoms with E-state index >= 15 is 0 Å². The standard InChI is InChI=1S/C6H10BrNS/c1-4(5-2-3-5)9-6(7)8/h4-5,8H,2-3H2,1H3. The summed E-state index contributed by atoms with van der Waals surface area (Å²) in [4.78, 5) is 0. The Labute approximate surface area is 68.2 Å². The summed E-state index contributed by atoms with van der Waals surface area (Å²) < 4.78 is 0.571. The van der Waals surface area contributed by atoms with Gasteiger partial charge in [0.15, 0.2) is 0 Å². The normalized spacial score (nSPS) is 21.6. The van der Waals surface area contributed by atoms with E-state index in [2.05, 4.69) is 22.9 Å². The van der Waals surface area contributed by atoms with Crippen molar-refractivity contribution < 1.29 is 0 Å². The predicted octanol–water partition coefficient (Wildman–Crippen LogP) is 2.85. The largest absolute Gasteiger partial charge is 0.287 e. The van der Waals surface area contributed by atoms with Crippen LogP contribution in [0.3, 0.4) is 0 Å². The van der Waals surface area contributed by atoms with Crippen LogP contribution in [0.1, 0.15) is 19.8 Å². The molecule has 1 rings (SSSR count). The highest BCUT2D eigenvalue weighted by Gasteiger charge is 2.28. The van der Waals surface area contributed by atoms with E-state index in [9.17, 15) is 0 Å². The van der Waals surface area contributed by atoms with E-state index in [0.29, 0.717) is 9.20 Å². The molecule has 3 heteroatoms. The summed E-state index contributed by atoms with van der Waals surface area (Å²) in [5.41, 5.74) is 0. The Hall–Kier alpha value is 0.500. The monoisotopic (exact) mass is 207 g/mol. The van der Waals surface area contributed by atoms with Crippen LogP contribution in [0.15, 0.2) is 0 Å². The summed E-state index contributed by atoms with van der Waals surface area (Å²) in [6.07, 6.45) is 2.74. The number of thioether (sulfide) groups is 1. The van der Waals surface area contributed by atoms with Crippen LogP contribution >= 0.6 is 27.7 Å². The molecule has 1 aliphatic carbocycles. The van der Waals surface area contributed by atoms with Gasteiger partial charge in [0.05, 0.1) is 0 Å². The zero-order chi connectivity index (χ0) is 6.85. The molecule has 1 nitrogen and oxygen atoms in total. The molecule has 0 spiro atoms. The average molecular weight is 208 g/mol. The van der Waals surface area contributed by atoms with Crippen molar-refractivity contribution in [2.24, 2.45) is 5.92 Å². The van der Waals surface area contributed by atoms with E-state index in [1.165, 1.54) is 12.8 Å². The van der Waals surface area contributed by atoms with Gasteiger partial charge in [-0.05, 0) is 34.7 Å². The SMILES string of the molecule is CC(SC(=N)Br)C1CC1. The molecule has 0 radical (unpaired) electrons. The first kappa shape index (κ1) is 7.61. The Morgan fingerprint density at radius 2 is 2.33 bits per heavy atom. The molecule has 0 bridgehead atoms. The molecule has 1 fully saturated rings. The van der Waals surface area contributed by atoms with E-state index in [1.54, 1.807) is 11.8 Å². The number of rotatable bonds is 2. The quantitative estimate of drug-likeness (QED) is 0.547. The van der Waals surface area contributed by atoms with E-state index in [-0.39, 0.29) is 0 Å². The molecule has 0 aromatic carbocycles.